The summed E-state index contributed by atoms with van der Waals surface area (Å²) >= 11 is 0. The van der Waals surface area contributed by atoms with E-state index in [2.05, 4.69) is 23.9 Å². The maximum Gasteiger partial charge on any atom is 0.192 e. The molecule has 0 N–H and O–H groups in total. The normalized spacial score (nSPS) is 14.0. The molecule has 7 nitrogen and oxygen atoms in total. The van der Waals surface area contributed by atoms with Gasteiger partial charge in [-0.15, -0.1) is 5.10 Å². The van der Waals surface area contributed by atoms with Crippen molar-refractivity contribution in [3.8, 4) is 5.82 Å². The van der Waals surface area contributed by atoms with E-state index >= 15 is 0 Å². The van der Waals surface area contributed by atoms with Crippen LogP contribution in [0.3, 0.4) is 0 Å². The summed E-state index contributed by atoms with van der Waals surface area (Å²) < 4.78 is 28.4. The van der Waals surface area contributed by atoms with E-state index in [1.54, 1.807) is 23.2 Å². The van der Waals surface area contributed by atoms with Crippen LogP contribution in [0.5, 0.6) is 0 Å². The highest BCUT2D eigenvalue weighted by Crippen LogP contribution is 2.31. The first-order valence-electron chi connectivity index (χ1n) is 9.31. The molecule has 152 valence electrons. The molecule has 29 heavy (non-hydrogen) atoms. The molecule has 0 fully saturated rings. The highest BCUT2D eigenvalue weighted by atomic mass is 32.2. The smallest absolute Gasteiger partial charge is 0.192 e. The first-order valence-corrected chi connectivity index (χ1v) is 12.2. The molecule has 0 aromatic carbocycles. The minimum atomic E-state index is -1.22. The largest absolute Gasteiger partial charge is 0.254 e. The van der Waals surface area contributed by atoms with E-state index in [1.807, 2.05) is 31.5 Å². The molecular weight excluding hydrogens is 406 g/mol. The van der Waals surface area contributed by atoms with Crippen LogP contribution in [0.1, 0.15) is 29.3 Å². The van der Waals surface area contributed by atoms with Crippen molar-refractivity contribution < 1.29 is 8.42 Å². The number of rotatable bonds is 4. The fourth-order valence-corrected chi connectivity index (χ4v) is 5.08. The van der Waals surface area contributed by atoms with Crippen LogP contribution < -0.4 is 0 Å². The monoisotopic (exact) mass is 429 g/mol. The number of nitrogens with zero attached hydrogens (tertiary/aromatic N) is 5. The molecule has 0 saturated heterocycles. The zero-order chi connectivity index (χ0) is 21.0. The summed E-state index contributed by atoms with van der Waals surface area (Å²) in [5.41, 5.74) is 6.00. The van der Waals surface area contributed by atoms with Crippen molar-refractivity contribution in [2.24, 2.45) is 0 Å². The summed E-state index contributed by atoms with van der Waals surface area (Å²) in [7, 11) is -2.41. The molecule has 4 aromatic rings. The van der Waals surface area contributed by atoms with Gasteiger partial charge in [-0.2, -0.15) is 5.10 Å². The van der Waals surface area contributed by atoms with Gasteiger partial charge >= 0.3 is 0 Å². The van der Waals surface area contributed by atoms with Crippen LogP contribution in [0.15, 0.2) is 28.4 Å². The van der Waals surface area contributed by atoms with Crippen molar-refractivity contribution in [2.75, 3.05) is 12.0 Å². The molecule has 0 aliphatic rings. The van der Waals surface area contributed by atoms with Crippen molar-refractivity contribution in [3.05, 3.63) is 40.8 Å². The number of fused-ring (bicyclic) bond motifs is 2. The van der Waals surface area contributed by atoms with E-state index in [-0.39, 0.29) is 0 Å². The molecule has 0 spiro atoms. The average molecular weight is 430 g/mol. The number of hydrogen-bond donors (Lipinski definition) is 0. The molecule has 4 heterocycles. The molecule has 2 unspecified atom stereocenters. The lowest BCUT2D eigenvalue weighted by Crippen LogP contribution is -2.04. The number of hydrogen-bond acceptors (Lipinski definition) is 5. The lowest BCUT2D eigenvalue weighted by atomic mass is 10.0. The minimum Gasteiger partial charge on any atom is -0.254 e. The zero-order valence-corrected chi connectivity index (χ0v) is 18.9. The minimum absolute atomic E-state index is 0.480. The third-order valence-corrected chi connectivity index (χ3v) is 7.70. The molecular formula is C20H23N5O2S2. The highest BCUT2D eigenvalue weighted by Gasteiger charge is 2.24. The highest BCUT2D eigenvalue weighted by molar-refractivity contribution is 7.85. The zero-order valence-electron chi connectivity index (χ0n) is 17.3. The molecule has 4 rings (SSSR count). The molecule has 0 radical (unpaired) electrons. The summed E-state index contributed by atoms with van der Waals surface area (Å²) in [5.74, 6) is 1.04. The van der Waals surface area contributed by atoms with Crippen LogP contribution in [0.4, 0.5) is 0 Å². The second-order valence-corrected chi connectivity index (χ2v) is 10.1. The van der Waals surface area contributed by atoms with Crippen molar-refractivity contribution in [1.82, 2.24) is 24.4 Å². The van der Waals surface area contributed by atoms with Crippen molar-refractivity contribution in [2.45, 2.75) is 44.5 Å². The third-order valence-electron chi connectivity index (χ3n) is 5.53. The Hall–Kier alpha value is -2.39. The van der Waals surface area contributed by atoms with Crippen molar-refractivity contribution >= 4 is 38.0 Å². The molecule has 2 atom stereocenters. The van der Waals surface area contributed by atoms with Crippen LogP contribution in [-0.2, 0) is 21.6 Å². The van der Waals surface area contributed by atoms with Crippen molar-refractivity contribution in [3.63, 3.8) is 0 Å². The van der Waals surface area contributed by atoms with E-state index < -0.39 is 21.6 Å². The van der Waals surface area contributed by atoms with E-state index in [1.165, 1.54) is 11.1 Å². The van der Waals surface area contributed by atoms with Gasteiger partial charge in [0.25, 0.3) is 0 Å². The van der Waals surface area contributed by atoms with Crippen LogP contribution in [-0.4, -0.2) is 44.8 Å². The first kappa shape index (κ1) is 19.9. The Morgan fingerprint density at radius 3 is 2.41 bits per heavy atom. The van der Waals surface area contributed by atoms with Crippen LogP contribution in [0.2, 0.25) is 0 Å². The van der Waals surface area contributed by atoms with Gasteiger partial charge < -0.3 is 0 Å². The standard InChI is InChI=1S/C20H23N5O2S2/c1-7-29(27)19-18-13(4)11(2)12(3)14(5)25(18)23-20(19)24-10-15-9-21-17(28(6)26)8-16(15)22-24/h8-10H,7H2,1-6H3. The Labute approximate surface area is 174 Å². The van der Waals surface area contributed by atoms with Gasteiger partial charge in [-0.25, -0.2) is 14.2 Å². The van der Waals surface area contributed by atoms with Gasteiger partial charge in [0.2, 0.25) is 0 Å². The van der Waals surface area contributed by atoms with E-state index in [9.17, 15) is 8.42 Å². The van der Waals surface area contributed by atoms with Gasteiger partial charge in [-0.05, 0) is 44.4 Å². The summed E-state index contributed by atoms with van der Waals surface area (Å²) in [6.45, 7) is 10.1. The van der Waals surface area contributed by atoms with Gasteiger partial charge in [-0.3, -0.25) is 8.42 Å². The number of aromatic nitrogens is 5. The second kappa shape index (κ2) is 7.14. The predicted molar refractivity (Wildman–Crippen MR) is 116 cm³/mol. The Bertz CT molecular complexity index is 1340. The van der Waals surface area contributed by atoms with E-state index in [4.69, 9.17) is 5.10 Å². The van der Waals surface area contributed by atoms with E-state index in [0.29, 0.717) is 27.0 Å². The molecule has 0 bridgehead atoms. The molecule has 4 aromatic heterocycles. The van der Waals surface area contributed by atoms with Crippen LogP contribution in [0, 0.1) is 27.7 Å². The molecule has 0 aliphatic carbocycles. The maximum absolute atomic E-state index is 13.1. The third kappa shape index (κ3) is 3.03. The Morgan fingerprint density at radius 1 is 1.03 bits per heavy atom. The van der Waals surface area contributed by atoms with Crippen LogP contribution >= 0.6 is 0 Å². The number of aryl methyl sites for hydroxylation is 2. The average Bonchev–Trinajstić information content (AvgIpc) is 3.30. The van der Waals surface area contributed by atoms with Gasteiger partial charge in [0, 0.05) is 41.5 Å². The number of pyridine rings is 2. The maximum atomic E-state index is 13.1. The summed E-state index contributed by atoms with van der Waals surface area (Å²) in [6.07, 6.45) is 5.08. The van der Waals surface area contributed by atoms with Gasteiger partial charge in [-0.1, -0.05) is 6.92 Å². The summed E-state index contributed by atoms with van der Waals surface area (Å²) in [5, 5.41) is 10.7. The SMILES string of the molecule is CCS(=O)c1c(-n2cc3cnc(S(C)=O)cc3n2)nn2c(C)c(C)c(C)c(C)c12. The first-order chi connectivity index (χ1) is 13.7. The fraction of sp³-hybridized carbons (Fsp3) is 0.350. The van der Waals surface area contributed by atoms with Gasteiger partial charge in [0.15, 0.2) is 5.82 Å². The van der Waals surface area contributed by atoms with Crippen molar-refractivity contribution in [1.29, 1.82) is 0 Å². The summed E-state index contributed by atoms with van der Waals surface area (Å²) in [6, 6.07) is 1.72. The Kier molecular flexibility index (Phi) is 4.90. The topological polar surface area (TPSA) is 82.1 Å². The lowest BCUT2D eigenvalue weighted by Gasteiger charge is -2.12. The van der Waals surface area contributed by atoms with E-state index in [0.717, 1.165) is 22.2 Å². The quantitative estimate of drug-likeness (QED) is 0.498. The Balaban J connectivity index is 2.07. The molecule has 9 heteroatoms. The van der Waals surface area contributed by atoms with Crippen LogP contribution in [0.25, 0.3) is 22.2 Å². The molecule has 0 saturated carbocycles. The van der Waals surface area contributed by atoms with Gasteiger partial charge in [0.1, 0.15) is 9.92 Å². The summed E-state index contributed by atoms with van der Waals surface area (Å²) in [4.78, 5) is 4.93. The lowest BCUT2D eigenvalue weighted by molar-refractivity contribution is 0.683. The predicted octanol–water partition coefficient (Wildman–Crippen LogP) is 3.17. The van der Waals surface area contributed by atoms with Gasteiger partial charge in [0.05, 0.1) is 32.6 Å². The molecule has 0 aliphatic heterocycles. The second-order valence-electron chi connectivity index (χ2n) is 7.12. The fourth-order valence-electron chi connectivity index (χ4n) is 3.52. The Morgan fingerprint density at radius 2 is 1.76 bits per heavy atom. The molecule has 0 amide bonds.